The molecule has 0 saturated carbocycles. The van der Waals surface area contributed by atoms with Crippen LogP contribution in [0.4, 0.5) is 8.78 Å². The van der Waals surface area contributed by atoms with Gasteiger partial charge in [0.15, 0.2) is 0 Å². The molecule has 0 aliphatic rings. The minimum Gasteiger partial charge on any atom is -0.387 e. The molecule has 1 N–H and O–H groups in total. The Labute approximate surface area is 122 Å². The molecule has 0 heterocycles. The van der Waals surface area contributed by atoms with E-state index in [9.17, 15) is 13.9 Å². The molecule has 1 nitrogen and oxygen atoms in total. The van der Waals surface area contributed by atoms with Gasteiger partial charge in [0.05, 0.1) is 16.1 Å². The van der Waals surface area contributed by atoms with E-state index in [1.807, 2.05) is 30.3 Å². The first-order chi connectivity index (χ1) is 9.09. The molecule has 5 heteroatoms. The number of benzene rings is 2. The van der Waals surface area contributed by atoms with Crippen LogP contribution in [0.15, 0.2) is 51.8 Å². The number of hydrogen-bond acceptors (Lipinski definition) is 2. The summed E-state index contributed by atoms with van der Waals surface area (Å²) in [6.45, 7) is 0. The van der Waals surface area contributed by atoms with Crippen LogP contribution < -0.4 is 0 Å². The highest BCUT2D eigenvalue weighted by Crippen LogP contribution is 2.30. The van der Waals surface area contributed by atoms with Crippen LogP contribution in [0.5, 0.6) is 0 Å². The van der Waals surface area contributed by atoms with Gasteiger partial charge in [-0.25, -0.2) is 8.78 Å². The summed E-state index contributed by atoms with van der Waals surface area (Å²) in [7, 11) is 0. The van der Waals surface area contributed by atoms with E-state index >= 15 is 0 Å². The fourth-order valence-electron chi connectivity index (χ4n) is 1.62. The van der Waals surface area contributed by atoms with Crippen LogP contribution >= 0.6 is 27.7 Å². The third-order valence-electron chi connectivity index (χ3n) is 2.56. The first kappa shape index (κ1) is 14.5. The molecule has 0 aliphatic carbocycles. The maximum absolute atomic E-state index is 13.8. The monoisotopic (exact) mass is 344 g/mol. The summed E-state index contributed by atoms with van der Waals surface area (Å²) in [6.07, 6.45) is -1.19. The van der Waals surface area contributed by atoms with Crippen molar-refractivity contribution < 1.29 is 13.9 Å². The van der Waals surface area contributed by atoms with Crippen molar-refractivity contribution in [3.8, 4) is 0 Å². The predicted molar refractivity (Wildman–Crippen MR) is 76.2 cm³/mol. The molecule has 19 heavy (non-hydrogen) atoms. The number of rotatable bonds is 4. The quantitative estimate of drug-likeness (QED) is 0.648. The lowest BCUT2D eigenvalue weighted by molar-refractivity contribution is 0.193. The molecule has 2 rings (SSSR count). The Hall–Kier alpha value is -0.910. The van der Waals surface area contributed by atoms with Gasteiger partial charge in [0.1, 0.15) is 11.6 Å². The second kappa shape index (κ2) is 6.50. The summed E-state index contributed by atoms with van der Waals surface area (Å²) in [5, 5.41) is 9.95. The van der Waals surface area contributed by atoms with Crippen LogP contribution in [0.2, 0.25) is 0 Å². The highest BCUT2D eigenvalue weighted by Gasteiger charge is 2.20. The summed E-state index contributed by atoms with van der Waals surface area (Å²) in [6, 6.07) is 11.8. The first-order valence-corrected chi connectivity index (χ1v) is 7.36. The van der Waals surface area contributed by atoms with Crippen LogP contribution in [0, 0.1) is 11.6 Å². The third kappa shape index (κ3) is 3.55. The van der Waals surface area contributed by atoms with E-state index in [4.69, 9.17) is 0 Å². The molecular formula is C14H11BrF2OS. The van der Waals surface area contributed by atoms with E-state index < -0.39 is 17.7 Å². The molecule has 0 saturated heterocycles. The van der Waals surface area contributed by atoms with Crippen molar-refractivity contribution in [1.29, 1.82) is 0 Å². The highest BCUT2D eigenvalue weighted by atomic mass is 79.9. The Morgan fingerprint density at radius 3 is 2.47 bits per heavy atom. The SMILES string of the molecule is OC(CSc1ccccc1)c1c(F)ccc(Br)c1F. The fraction of sp³-hybridized carbons (Fsp3) is 0.143. The molecule has 1 atom stereocenters. The minimum atomic E-state index is -1.19. The molecule has 2 aromatic carbocycles. The van der Waals surface area contributed by atoms with E-state index in [-0.39, 0.29) is 15.8 Å². The Kier molecular flexibility index (Phi) is 4.96. The molecule has 0 amide bonds. The van der Waals surface area contributed by atoms with Gasteiger partial charge in [0.25, 0.3) is 0 Å². The average molecular weight is 345 g/mol. The zero-order valence-electron chi connectivity index (χ0n) is 9.82. The Balaban J connectivity index is 2.12. The van der Waals surface area contributed by atoms with Crippen LogP contribution in [0.25, 0.3) is 0 Å². The smallest absolute Gasteiger partial charge is 0.146 e. The Morgan fingerprint density at radius 1 is 1.11 bits per heavy atom. The lowest BCUT2D eigenvalue weighted by Gasteiger charge is -2.13. The minimum absolute atomic E-state index is 0.146. The molecular weight excluding hydrogens is 334 g/mol. The summed E-state index contributed by atoms with van der Waals surface area (Å²) in [5.41, 5.74) is -0.294. The number of aliphatic hydroxyl groups is 1. The number of halogens is 3. The molecule has 100 valence electrons. The van der Waals surface area contributed by atoms with Gasteiger partial charge in [0.2, 0.25) is 0 Å². The van der Waals surface area contributed by atoms with Crippen molar-refractivity contribution in [2.24, 2.45) is 0 Å². The second-order valence-corrected chi connectivity index (χ2v) is 5.84. The normalized spacial score (nSPS) is 12.4. The zero-order chi connectivity index (χ0) is 13.8. The van der Waals surface area contributed by atoms with E-state index in [0.29, 0.717) is 0 Å². The van der Waals surface area contributed by atoms with Crippen LogP contribution in [0.3, 0.4) is 0 Å². The largest absolute Gasteiger partial charge is 0.387 e. The van der Waals surface area contributed by atoms with Crippen molar-refractivity contribution in [2.75, 3.05) is 5.75 Å². The molecule has 0 aliphatic heterocycles. The summed E-state index contributed by atoms with van der Waals surface area (Å²) >= 11 is 4.33. The van der Waals surface area contributed by atoms with Crippen molar-refractivity contribution in [1.82, 2.24) is 0 Å². The molecule has 1 unspecified atom stereocenters. The number of thioether (sulfide) groups is 1. The van der Waals surface area contributed by atoms with Crippen molar-refractivity contribution >= 4 is 27.7 Å². The molecule has 0 bridgehead atoms. The van der Waals surface area contributed by atoms with Gasteiger partial charge in [-0.05, 0) is 40.2 Å². The van der Waals surface area contributed by atoms with Crippen LogP contribution in [-0.4, -0.2) is 10.9 Å². The van der Waals surface area contributed by atoms with Crippen molar-refractivity contribution in [3.05, 3.63) is 64.1 Å². The topological polar surface area (TPSA) is 20.2 Å². The van der Waals surface area contributed by atoms with Crippen molar-refractivity contribution in [2.45, 2.75) is 11.0 Å². The molecule has 0 aromatic heterocycles. The van der Waals surface area contributed by atoms with Gasteiger partial charge in [0, 0.05) is 10.6 Å². The summed E-state index contributed by atoms with van der Waals surface area (Å²) in [4.78, 5) is 0.942. The highest BCUT2D eigenvalue weighted by molar-refractivity contribution is 9.10. The third-order valence-corrected chi connectivity index (χ3v) is 4.26. The lowest BCUT2D eigenvalue weighted by atomic mass is 10.1. The number of aliphatic hydroxyl groups excluding tert-OH is 1. The maximum Gasteiger partial charge on any atom is 0.146 e. The van der Waals surface area contributed by atoms with Gasteiger partial charge in [-0.2, -0.15) is 0 Å². The van der Waals surface area contributed by atoms with Crippen molar-refractivity contribution in [3.63, 3.8) is 0 Å². The summed E-state index contributed by atoms with van der Waals surface area (Å²) < 4.78 is 27.5. The molecule has 0 fully saturated rings. The van der Waals surface area contributed by atoms with Gasteiger partial charge < -0.3 is 5.11 Å². The molecule has 0 spiro atoms. The van der Waals surface area contributed by atoms with Gasteiger partial charge >= 0.3 is 0 Å². The van der Waals surface area contributed by atoms with E-state index in [0.717, 1.165) is 11.0 Å². The van der Waals surface area contributed by atoms with E-state index in [2.05, 4.69) is 15.9 Å². The summed E-state index contributed by atoms with van der Waals surface area (Å²) in [5.74, 6) is -1.29. The Morgan fingerprint density at radius 2 is 1.79 bits per heavy atom. The Bertz CT molecular complexity index is 563. The van der Waals surface area contributed by atoms with Gasteiger partial charge in [-0.15, -0.1) is 11.8 Å². The van der Waals surface area contributed by atoms with Gasteiger partial charge in [-0.1, -0.05) is 18.2 Å². The zero-order valence-corrected chi connectivity index (χ0v) is 12.2. The van der Waals surface area contributed by atoms with E-state index in [1.165, 1.54) is 17.8 Å². The maximum atomic E-state index is 13.8. The standard InChI is InChI=1S/C14H11BrF2OS/c15-10-6-7-11(16)13(14(10)17)12(18)8-19-9-4-2-1-3-5-9/h1-7,12,18H,8H2. The molecule has 0 radical (unpaired) electrons. The average Bonchev–Trinajstić information content (AvgIpc) is 2.42. The van der Waals surface area contributed by atoms with Crippen LogP contribution in [-0.2, 0) is 0 Å². The van der Waals surface area contributed by atoms with E-state index in [1.54, 1.807) is 0 Å². The lowest BCUT2D eigenvalue weighted by Crippen LogP contribution is -2.07. The fourth-order valence-corrected chi connectivity index (χ4v) is 2.84. The molecule has 2 aromatic rings. The van der Waals surface area contributed by atoms with Crippen LogP contribution in [0.1, 0.15) is 11.7 Å². The number of hydrogen-bond donors (Lipinski definition) is 1. The second-order valence-electron chi connectivity index (χ2n) is 3.90. The van der Waals surface area contributed by atoms with Gasteiger partial charge in [-0.3, -0.25) is 0 Å². The predicted octanol–water partition coefficient (Wildman–Crippen LogP) is 4.55. The first-order valence-electron chi connectivity index (χ1n) is 5.59.